The van der Waals surface area contributed by atoms with Gasteiger partial charge in [-0.25, -0.2) is 19.9 Å². The van der Waals surface area contributed by atoms with Crippen molar-refractivity contribution in [3.05, 3.63) is 60.7 Å². The van der Waals surface area contributed by atoms with E-state index in [-0.39, 0.29) is 0 Å². The molecule has 0 fully saturated rings. The Bertz CT molecular complexity index is 954. The number of aromatic amines is 1. The Morgan fingerprint density at radius 3 is 2.91 bits per heavy atom. The zero-order valence-electron chi connectivity index (χ0n) is 12.6. The normalized spacial score (nSPS) is 11.0. The van der Waals surface area contributed by atoms with E-state index in [2.05, 4.69) is 46.9 Å². The number of nitrogens with one attached hydrogen (secondary N) is 2. The van der Waals surface area contributed by atoms with Gasteiger partial charge in [0.1, 0.15) is 17.7 Å². The van der Waals surface area contributed by atoms with E-state index in [1.165, 1.54) is 6.33 Å². The summed E-state index contributed by atoms with van der Waals surface area (Å²) in [5.74, 6) is 1.69. The standard InChI is InChI=1S/C16H15N7/c1-11-17-6-7-23(11)13-5-3-2-4-12(13)8-18-15-14-16(20-9-19-14)22-10-21-15/h2-7,9-10H,8H2,1H3,(H2,18,19,20,21,22). The molecular formula is C16H15N7. The molecule has 0 aliphatic carbocycles. The summed E-state index contributed by atoms with van der Waals surface area (Å²) in [4.78, 5) is 19.9. The fourth-order valence-corrected chi connectivity index (χ4v) is 2.61. The average molecular weight is 305 g/mol. The summed E-state index contributed by atoms with van der Waals surface area (Å²) in [6, 6.07) is 8.22. The Morgan fingerprint density at radius 1 is 1.13 bits per heavy atom. The predicted molar refractivity (Wildman–Crippen MR) is 87.3 cm³/mol. The van der Waals surface area contributed by atoms with E-state index < -0.39 is 0 Å². The predicted octanol–water partition coefficient (Wildman–Crippen LogP) is 2.46. The second kappa shape index (κ2) is 5.53. The van der Waals surface area contributed by atoms with Gasteiger partial charge in [-0.15, -0.1) is 0 Å². The lowest BCUT2D eigenvalue weighted by Gasteiger charge is -2.13. The van der Waals surface area contributed by atoms with Crippen molar-refractivity contribution in [1.29, 1.82) is 0 Å². The lowest BCUT2D eigenvalue weighted by Crippen LogP contribution is -2.07. The van der Waals surface area contributed by atoms with E-state index in [4.69, 9.17) is 0 Å². The summed E-state index contributed by atoms with van der Waals surface area (Å²) in [6.07, 6.45) is 6.90. The van der Waals surface area contributed by atoms with Crippen LogP contribution in [0.15, 0.2) is 49.3 Å². The summed E-state index contributed by atoms with van der Waals surface area (Å²) in [5, 5.41) is 3.36. The lowest BCUT2D eigenvalue weighted by atomic mass is 10.1. The molecule has 7 nitrogen and oxygen atoms in total. The molecular weight excluding hydrogens is 290 g/mol. The van der Waals surface area contributed by atoms with Crippen molar-refractivity contribution < 1.29 is 0 Å². The van der Waals surface area contributed by atoms with Crippen LogP contribution in [-0.4, -0.2) is 29.5 Å². The van der Waals surface area contributed by atoms with Crippen LogP contribution in [0, 0.1) is 6.92 Å². The molecule has 3 heterocycles. The molecule has 1 aromatic carbocycles. The van der Waals surface area contributed by atoms with Crippen LogP contribution in [0.1, 0.15) is 11.4 Å². The van der Waals surface area contributed by atoms with Crippen LogP contribution in [-0.2, 0) is 6.54 Å². The number of aromatic nitrogens is 6. The van der Waals surface area contributed by atoms with Gasteiger partial charge in [0.2, 0.25) is 0 Å². The number of anilines is 1. The molecule has 0 aliphatic heterocycles. The molecule has 2 N–H and O–H groups in total. The molecule has 0 bridgehead atoms. The van der Waals surface area contributed by atoms with Gasteiger partial charge in [-0.1, -0.05) is 18.2 Å². The molecule has 4 aromatic rings. The first-order valence-corrected chi connectivity index (χ1v) is 7.29. The zero-order valence-corrected chi connectivity index (χ0v) is 12.6. The molecule has 114 valence electrons. The molecule has 0 radical (unpaired) electrons. The molecule has 23 heavy (non-hydrogen) atoms. The average Bonchev–Trinajstić information content (AvgIpc) is 3.22. The number of aryl methyl sites for hydroxylation is 1. The largest absolute Gasteiger partial charge is 0.364 e. The Labute approximate surface area is 132 Å². The van der Waals surface area contributed by atoms with E-state index in [1.54, 1.807) is 12.5 Å². The van der Waals surface area contributed by atoms with Crippen molar-refractivity contribution in [1.82, 2.24) is 29.5 Å². The summed E-state index contributed by atoms with van der Waals surface area (Å²) in [6.45, 7) is 2.63. The molecule has 0 atom stereocenters. The highest BCUT2D eigenvalue weighted by Crippen LogP contribution is 2.19. The third-order valence-electron chi connectivity index (χ3n) is 3.75. The Hall–Kier alpha value is -3.22. The van der Waals surface area contributed by atoms with Crippen LogP contribution >= 0.6 is 0 Å². The number of hydrogen-bond acceptors (Lipinski definition) is 5. The number of hydrogen-bond donors (Lipinski definition) is 2. The lowest BCUT2D eigenvalue weighted by molar-refractivity contribution is 0.947. The monoisotopic (exact) mass is 305 g/mol. The summed E-state index contributed by atoms with van der Waals surface area (Å²) >= 11 is 0. The van der Waals surface area contributed by atoms with Gasteiger partial charge in [0.25, 0.3) is 0 Å². The van der Waals surface area contributed by atoms with Gasteiger partial charge in [0.15, 0.2) is 11.5 Å². The highest BCUT2D eigenvalue weighted by atomic mass is 15.1. The van der Waals surface area contributed by atoms with Crippen LogP contribution in [0.4, 0.5) is 5.82 Å². The Morgan fingerprint density at radius 2 is 2.04 bits per heavy atom. The SMILES string of the molecule is Cc1nccn1-c1ccccc1CNc1ncnc2nc[nH]c12. The number of rotatable bonds is 4. The van der Waals surface area contributed by atoms with E-state index in [0.717, 1.165) is 28.4 Å². The number of H-pyrrole nitrogens is 1. The van der Waals surface area contributed by atoms with Gasteiger partial charge < -0.3 is 14.9 Å². The smallest absolute Gasteiger partial charge is 0.182 e. The van der Waals surface area contributed by atoms with Crippen LogP contribution in [0.2, 0.25) is 0 Å². The minimum atomic E-state index is 0.638. The second-order valence-corrected chi connectivity index (χ2v) is 5.15. The van der Waals surface area contributed by atoms with Gasteiger partial charge in [-0.2, -0.15) is 0 Å². The van der Waals surface area contributed by atoms with Crippen molar-refractivity contribution >= 4 is 17.0 Å². The van der Waals surface area contributed by atoms with Crippen LogP contribution < -0.4 is 5.32 Å². The fraction of sp³-hybridized carbons (Fsp3) is 0.125. The molecule has 4 rings (SSSR count). The number of benzene rings is 1. The van der Waals surface area contributed by atoms with E-state index in [9.17, 15) is 0 Å². The molecule has 0 unspecified atom stereocenters. The maximum atomic E-state index is 4.30. The molecule has 3 aromatic heterocycles. The van der Waals surface area contributed by atoms with Crippen molar-refractivity contribution in [3.63, 3.8) is 0 Å². The highest BCUT2D eigenvalue weighted by molar-refractivity contribution is 5.81. The summed E-state index contributed by atoms with van der Waals surface area (Å²) in [7, 11) is 0. The van der Waals surface area contributed by atoms with Crippen molar-refractivity contribution in [2.45, 2.75) is 13.5 Å². The molecule has 0 saturated carbocycles. The topological polar surface area (TPSA) is 84.3 Å². The Kier molecular flexibility index (Phi) is 3.23. The summed E-state index contributed by atoms with van der Waals surface area (Å²) in [5.41, 5.74) is 3.72. The number of fused-ring (bicyclic) bond motifs is 1. The molecule has 0 amide bonds. The first-order valence-electron chi connectivity index (χ1n) is 7.29. The van der Waals surface area contributed by atoms with Crippen molar-refractivity contribution in [2.24, 2.45) is 0 Å². The van der Waals surface area contributed by atoms with Gasteiger partial charge in [0, 0.05) is 18.9 Å². The zero-order chi connectivity index (χ0) is 15.6. The second-order valence-electron chi connectivity index (χ2n) is 5.15. The highest BCUT2D eigenvalue weighted by Gasteiger charge is 2.09. The third-order valence-corrected chi connectivity index (χ3v) is 3.75. The third kappa shape index (κ3) is 2.42. The van der Waals surface area contributed by atoms with Crippen LogP contribution in [0.5, 0.6) is 0 Å². The van der Waals surface area contributed by atoms with E-state index in [1.807, 2.05) is 25.3 Å². The van der Waals surface area contributed by atoms with Gasteiger partial charge in [-0.3, -0.25) is 0 Å². The first-order chi connectivity index (χ1) is 11.3. The maximum absolute atomic E-state index is 4.30. The van der Waals surface area contributed by atoms with Gasteiger partial charge >= 0.3 is 0 Å². The molecule has 7 heteroatoms. The quantitative estimate of drug-likeness (QED) is 0.605. The minimum Gasteiger partial charge on any atom is -0.364 e. The van der Waals surface area contributed by atoms with Crippen LogP contribution in [0.3, 0.4) is 0 Å². The number of para-hydroxylation sites is 1. The maximum Gasteiger partial charge on any atom is 0.182 e. The fourth-order valence-electron chi connectivity index (χ4n) is 2.61. The molecule has 0 aliphatic rings. The number of imidazole rings is 2. The number of nitrogens with zero attached hydrogens (tertiary/aromatic N) is 5. The van der Waals surface area contributed by atoms with Crippen molar-refractivity contribution in [2.75, 3.05) is 5.32 Å². The van der Waals surface area contributed by atoms with Gasteiger partial charge in [0.05, 0.1) is 12.0 Å². The Balaban J connectivity index is 1.65. The minimum absolute atomic E-state index is 0.638. The first kappa shape index (κ1) is 13.4. The van der Waals surface area contributed by atoms with E-state index in [0.29, 0.717) is 12.2 Å². The van der Waals surface area contributed by atoms with Crippen molar-refractivity contribution in [3.8, 4) is 5.69 Å². The molecule has 0 spiro atoms. The van der Waals surface area contributed by atoms with Crippen LogP contribution in [0.25, 0.3) is 16.9 Å². The van der Waals surface area contributed by atoms with Gasteiger partial charge in [-0.05, 0) is 18.6 Å². The van der Waals surface area contributed by atoms with E-state index >= 15 is 0 Å². The molecule has 0 saturated heterocycles. The summed E-state index contributed by atoms with van der Waals surface area (Å²) < 4.78 is 2.07.